The van der Waals surface area contributed by atoms with Gasteiger partial charge in [0, 0.05) is 19.8 Å². The molecule has 0 bridgehead atoms. The first-order valence-electron chi connectivity index (χ1n) is 8.89. The van der Waals surface area contributed by atoms with Crippen LogP contribution in [0.15, 0.2) is 42.6 Å². The molecule has 1 saturated heterocycles. The highest BCUT2D eigenvalue weighted by Gasteiger charge is 2.27. The van der Waals surface area contributed by atoms with Crippen molar-refractivity contribution in [3.8, 4) is 0 Å². The van der Waals surface area contributed by atoms with Crippen molar-refractivity contribution >= 4 is 17.8 Å². The minimum Gasteiger partial charge on any atom is -0.318 e. The maximum absolute atomic E-state index is 12.8. The number of anilines is 1. The predicted molar refractivity (Wildman–Crippen MR) is 102 cm³/mol. The molecule has 1 atom stereocenters. The van der Waals surface area contributed by atoms with Crippen LogP contribution >= 0.6 is 0 Å². The largest absolute Gasteiger partial charge is 0.322 e. The summed E-state index contributed by atoms with van der Waals surface area (Å²) in [7, 11) is 1.88. The summed E-state index contributed by atoms with van der Waals surface area (Å²) >= 11 is 0. The Morgan fingerprint density at radius 1 is 1.32 bits per heavy atom. The van der Waals surface area contributed by atoms with Crippen LogP contribution in [-0.2, 0) is 7.05 Å². The van der Waals surface area contributed by atoms with Gasteiger partial charge in [0.05, 0.1) is 17.4 Å². The van der Waals surface area contributed by atoms with E-state index in [2.05, 4.69) is 48.5 Å². The van der Waals surface area contributed by atoms with Gasteiger partial charge >= 0.3 is 6.03 Å². The number of aromatic nitrogens is 2. The third-order valence-corrected chi connectivity index (χ3v) is 4.52. The Morgan fingerprint density at radius 3 is 2.80 bits per heavy atom. The lowest BCUT2D eigenvalue weighted by Crippen LogP contribution is -2.37. The number of rotatable bonds is 4. The molecule has 5 heteroatoms. The van der Waals surface area contributed by atoms with Gasteiger partial charge in [-0.25, -0.2) is 4.79 Å². The fourth-order valence-electron chi connectivity index (χ4n) is 3.25. The van der Waals surface area contributed by atoms with Crippen molar-refractivity contribution in [2.75, 3.05) is 11.9 Å². The molecule has 0 saturated carbocycles. The van der Waals surface area contributed by atoms with Crippen molar-refractivity contribution in [2.45, 2.75) is 38.6 Å². The van der Waals surface area contributed by atoms with Crippen LogP contribution in [0.1, 0.15) is 43.9 Å². The fraction of sp³-hybridized carbons (Fsp3) is 0.400. The van der Waals surface area contributed by atoms with E-state index in [0.29, 0.717) is 0 Å². The molecule has 2 aromatic rings. The molecule has 25 heavy (non-hydrogen) atoms. The number of amides is 2. The summed E-state index contributed by atoms with van der Waals surface area (Å²) in [4.78, 5) is 14.7. The molecule has 0 aliphatic carbocycles. The van der Waals surface area contributed by atoms with E-state index in [1.807, 2.05) is 36.3 Å². The molecule has 1 aromatic carbocycles. The van der Waals surface area contributed by atoms with Gasteiger partial charge < -0.3 is 10.2 Å². The van der Waals surface area contributed by atoms with Gasteiger partial charge in [-0.2, -0.15) is 5.10 Å². The number of nitrogens with zero attached hydrogens (tertiary/aromatic N) is 3. The van der Waals surface area contributed by atoms with Crippen LogP contribution in [0.2, 0.25) is 0 Å². The number of hydrogen-bond donors (Lipinski definition) is 1. The van der Waals surface area contributed by atoms with E-state index in [4.69, 9.17) is 0 Å². The van der Waals surface area contributed by atoms with Gasteiger partial charge in [0.25, 0.3) is 0 Å². The number of hydrogen-bond acceptors (Lipinski definition) is 2. The summed E-state index contributed by atoms with van der Waals surface area (Å²) in [6.07, 6.45) is 8.13. The Kier molecular flexibility index (Phi) is 5.22. The zero-order valence-corrected chi connectivity index (χ0v) is 15.1. The lowest BCUT2D eigenvalue weighted by molar-refractivity contribution is 0.214. The van der Waals surface area contributed by atoms with E-state index in [1.165, 1.54) is 0 Å². The Morgan fingerprint density at radius 2 is 2.08 bits per heavy atom. The van der Waals surface area contributed by atoms with E-state index in [-0.39, 0.29) is 18.0 Å². The molecule has 1 unspecified atom stereocenters. The molecular weight excluding hydrogens is 312 g/mol. The minimum atomic E-state index is -0.0462. The van der Waals surface area contributed by atoms with Crippen LogP contribution in [0.4, 0.5) is 10.5 Å². The number of likely N-dealkylation sites (tertiary alicyclic amines) is 1. The van der Waals surface area contributed by atoms with Crippen molar-refractivity contribution in [3.63, 3.8) is 0 Å². The number of carbonyl (C=O) groups is 1. The molecule has 132 valence electrons. The standard InChI is InChI=1S/C20H26N4O/c1-15(2)19-18(14-23(3)22-19)21-20(25)24-13-7-10-17(24)12-11-16-8-5-4-6-9-16/h4-6,8-9,11-12,14-15,17H,7,10,13H2,1-3H3,(H,21,25). The van der Waals surface area contributed by atoms with Gasteiger partial charge in [-0.15, -0.1) is 0 Å². The van der Waals surface area contributed by atoms with Crippen LogP contribution in [0, 0.1) is 0 Å². The van der Waals surface area contributed by atoms with Gasteiger partial charge in [-0.3, -0.25) is 4.68 Å². The number of urea groups is 1. The van der Waals surface area contributed by atoms with Crippen LogP contribution in [-0.4, -0.2) is 33.3 Å². The summed E-state index contributed by atoms with van der Waals surface area (Å²) in [5.74, 6) is 0.267. The van der Waals surface area contributed by atoms with Crippen molar-refractivity contribution in [1.82, 2.24) is 14.7 Å². The fourth-order valence-corrected chi connectivity index (χ4v) is 3.25. The molecule has 1 aliphatic heterocycles. The zero-order chi connectivity index (χ0) is 17.8. The molecule has 2 heterocycles. The second kappa shape index (κ2) is 7.55. The number of carbonyl (C=O) groups excluding carboxylic acids is 1. The first kappa shape index (κ1) is 17.3. The van der Waals surface area contributed by atoms with Crippen molar-refractivity contribution in [3.05, 3.63) is 53.9 Å². The summed E-state index contributed by atoms with van der Waals surface area (Å²) in [6, 6.07) is 10.3. The van der Waals surface area contributed by atoms with Crippen LogP contribution < -0.4 is 5.32 Å². The highest BCUT2D eigenvalue weighted by Crippen LogP contribution is 2.25. The maximum Gasteiger partial charge on any atom is 0.322 e. The zero-order valence-electron chi connectivity index (χ0n) is 15.1. The van der Waals surface area contributed by atoms with Gasteiger partial charge in [-0.1, -0.05) is 56.3 Å². The smallest absolute Gasteiger partial charge is 0.318 e. The normalized spacial score (nSPS) is 17.6. The van der Waals surface area contributed by atoms with E-state index in [1.54, 1.807) is 4.68 Å². The van der Waals surface area contributed by atoms with Crippen LogP contribution in [0.5, 0.6) is 0 Å². The summed E-state index contributed by atoms with van der Waals surface area (Å²) < 4.78 is 1.75. The molecule has 3 rings (SSSR count). The van der Waals surface area contributed by atoms with Gasteiger partial charge in [0.2, 0.25) is 0 Å². The summed E-state index contributed by atoms with van der Waals surface area (Å²) in [5.41, 5.74) is 2.88. The second-order valence-electron chi connectivity index (χ2n) is 6.86. The summed E-state index contributed by atoms with van der Waals surface area (Å²) in [5, 5.41) is 7.51. The first-order valence-corrected chi connectivity index (χ1v) is 8.89. The first-order chi connectivity index (χ1) is 12.0. The number of benzene rings is 1. The average Bonchev–Trinajstić information content (AvgIpc) is 3.20. The summed E-state index contributed by atoms with van der Waals surface area (Å²) in [6.45, 7) is 4.95. The Labute approximate surface area is 149 Å². The molecule has 0 spiro atoms. The van der Waals surface area contributed by atoms with Crippen molar-refractivity contribution < 1.29 is 4.79 Å². The molecular formula is C20H26N4O. The molecule has 1 aromatic heterocycles. The molecule has 2 amide bonds. The van der Waals surface area contributed by atoms with E-state index >= 15 is 0 Å². The van der Waals surface area contributed by atoms with Gasteiger partial charge in [0.1, 0.15) is 0 Å². The molecule has 5 nitrogen and oxygen atoms in total. The molecule has 0 radical (unpaired) electrons. The molecule has 1 aliphatic rings. The lowest BCUT2D eigenvalue weighted by atomic mass is 10.1. The van der Waals surface area contributed by atoms with Crippen LogP contribution in [0.3, 0.4) is 0 Å². The Hall–Kier alpha value is -2.56. The van der Waals surface area contributed by atoms with E-state index in [9.17, 15) is 4.79 Å². The SMILES string of the molecule is CC(C)c1nn(C)cc1NC(=O)N1CCCC1C=Cc1ccccc1. The lowest BCUT2D eigenvalue weighted by Gasteiger charge is -2.22. The maximum atomic E-state index is 12.8. The van der Waals surface area contributed by atoms with Crippen molar-refractivity contribution in [1.29, 1.82) is 0 Å². The average molecular weight is 338 g/mol. The Bertz CT molecular complexity index is 748. The predicted octanol–water partition coefficient (Wildman–Crippen LogP) is 4.25. The highest BCUT2D eigenvalue weighted by atomic mass is 16.2. The quantitative estimate of drug-likeness (QED) is 0.906. The highest BCUT2D eigenvalue weighted by molar-refractivity contribution is 5.90. The van der Waals surface area contributed by atoms with Crippen molar-refractivity contribution in [2.24, 2.45) is 7.05 Å². The number of aryl methyl sites for hydroxylation is 1. The molecule has 1 fully saturated rings. The minimum absolute atomic E-state index is 0.0462. The van der Waals surface area contributed by atoms with E-state index in [0.717, 1.165) is 36.3 Å². The van der Waals surface area contributed by atoms with Gasteiger partial charge in [0.15, 0.2) is 0 Å². The van der Waals surface area contributed by atoms with Crippen LogP contribution in [0.25, 0.3) is 6.08 Å². The monoisotopic (exact) mass is 338 g/mol. The molecule has 1 N–H and O–H groups in total. The third kappa shape index (κ3) is 4.10. The third-order valence-electron chi connectivity index (χ3n) is 4.52. The van der Waals surface area contributed by atoms with E-state index < -0.39 is 0 Å². The Balaban J connectivity index is 1.70. The van der Waals surface area contributed by atoms with Gasteiger partial charge in [-0.05, 0) is 24.3 Å². The number of nitrogens with one attached hydrogen (secondary N) is 1. The second-order valence-corrected chi connectivity index (χ2v) is 6.86. The topological polar surface area (TPSA) is 50.2 Å².